The molecule has 4 fully saturated rings. The molecule has 0 spiro atoms. The number of carbonyl (C=O) groups is 1. The number of piperidine rings is 2. The van der Waals surface area contributed by atoms with Gasteiger partial charge in [0.25, 0.3) is 0 Å². The van der Waals surface area contributed by atoms with E-state index >= 15 is 0 Å². The number of thiazole rings is 1. The molecular formula is C35H44N8O4S. The number of benzene rings is 2. The lowest BCUT2D eigenvalue weighted by molar-refractivity contribution is 0.0729. The molecule has 48 heavy (non-hydrogen) atoms. The average molecular weight is 673 g/mol. The second-order valence-corrected chi connectivity index (χ2v) is 13.8. The Morgan fingerprint density at radius 3 is 2.02 bits per heavy atom. The fourth-order valence-corrected chi connectivity index (χ4v) is 7.96. The minimum absolute atomic E-state index is 0.0944. The number of nitrogens with one attached hydrogen (secondary N) is 4. The van der Waals surface area contributed by atoms with Gasteiger partial charge in [0, 0.05) is 63.8 Å². The normalized spacial score (nSPS) is 19.9. The summed E-state index contributed by atoms with van der Waals surface area (Å²) in [4.78, 5) is 28.5. The maximum atomic E-state index is 14.1. The Balaban J connectivity index is 1.16. The molecule has 0 amide bonds. The van der Waals surface area contributed by atoms with Gasteiger partial charge in [0.05, 0.1) is 21.4 Å². The number of hydrogen-bond donors (Lipinski definition) is 4. The van der Waals surface area contributed by atoms with E-state index in [0.29, 0.717) is 11.5 Å². The van der Waals surface area contributed by atoms with Gasteiger partial charge in [-0.15, -0.1) is 11.3 Å². The molecule has 4 aromatic rings. The molecule has 4 aliphatic rings. The first kappa shape index (κ1) is 31.5. The van der Waals surface area contributed by atoms with Crippen LogP contribution in [-0.4, -0.2) is 107 Å². The molecule has 0 saturated carbocycles. The molecule has 12 nitrogen and oxygen atoms in total. The number of aromatic nitrogens is 2. The van der Waals surface area contributed by atoms with Gasteiger partial charge in [0.1, 0.15) is 40.6 Å². The highest BCUT2D eigenvalue weighted by Crippen LogP contribution is 2.44. The SMILES string of the molecule is O=C(Oc1cc(OC2CCNCC2)c2scnc2c1N1CCNCC1)c1ccc2c(OC3CCNCC3)ccc(N3CCNCC3)c2n1. The Morgan fingerprint density at radius 1 is 0.708 bits per heavy atom. The molecular weight excluding hydrogens is 629 g/mol. The first-order valence-corrected chi connectivity index (χ1v) is 18.3. The highest BCUT2D eigenvalue weighted by atomic mass is 32.1. The molecule has 4 N–H and O–H groups in total. The van der Waals surface area contributed by atoms with E-state index < -0.39 is 5.97 Å². The van der Waals surface area contributed by atoms with E-state index in [9.17, 15) is 4.79 Å². The zero-order valence-corrected chi connectivity index (χ0v) is 28.1. The van der Waals surface area contributed by atoms with Crippen molar-refractivity contribution in [3.05, 3.63) is 41.5 Å². The number of ether oxygens (including phenoxy) is 3. The van der Waals surface area contributed by atoms with Crippen LogP contribution in [0.5, 0.6) is 17.2 Å². The second-order valence-electron chi connectivity index (χ2n) is 12.9. The molecule has 4 saturated heterocycles. The Hall–Kier alpha value is -3.75. The zero-order valence-electron chi connectivity index (χ0n) is 27.3. The molecule has 8 rings (SSSR count). The number of esters is 1. The van der Waals surface area contributed by atoms with Crippen LogP contribution < -0.4 is 45.3 Å². The van der Waals surface area contributed by atoms with Gasteiger partial charge in [-0.25, -0.2) is 14.8 Å². The van der Waals surface area contributed by atoms with Gasteiger partial charge in [0.2, 0.25) is 0 Å². The number of fused-ring (bicyclic) bond motifs is 2. The number of hydrogen-bond acceptors (Lipinski definition) is 13. The third-order valence-electron chi connectivity index (χ3n) is 9.77. The lowest BCUT2D eigenvalue weighted by Gasteiger charge is -2.31. The Bertz CT molecular complexity index is 1740. The number of anilines is 2. The summed E-state index contributed by atoms with van der Waals surface area (Å²) < 4.78 is 20.4. The predicted octanol–water partition coefficient (Wildman–Crippen LogP) is 3.14. The molecule has 13 heteroatoms. The van der Waals surface area contributed by atoms with Crippen molar-refractivity contribution < 1.29 is 19.0 Å². The van der Waals surface area contributed by atoms with E-state index in [4.69, 9.17) is 24.2 Å². The van der Waals surface area contributed by atoms with Crippen molar-refractivity contribution in [1.82, 2.24) is 31.2 Å². The van der Waals surface area contributed by atoms with Crippen LogP contribution in [0.25, 0.3) is 21.1 Å². The Morgan fingerprint density at radius 2 is 1.33 bits per heavy atom. The van der Waals surface area contributed by atoms with Crippen LogP contribution in [0, 0.1) is 0 Å². The van der Waals surface area contributed by atoms with E-state index in [1.54, 1.807) is 17.4 Å². The van der Waals surface area contributed by atoms with Crippen molar-refractivity contribution in [2.45, 2.75) is 37.9 Å². The summed E-state index contributed by atoms with van der Waals surface area (Å²) in [6.07, 6.45) is 4.01. The molecule has 0 radical (unpaired) electrons. The molecule has 0 unspecified atom stereocenters. The smallest absolute Gasteiger partial charge is 0.362 e. The van der Waals surface area contributed by atoms with E-state index in [-0.39, 0.29) is 17.9 Å². The number of carbonyl (C=O) groups excluding carboxylic acids is 1. The van der Waals surface area contributed by atoms with Gasteiger partial charge in [-0.2, -0.15) is 0 Å². The maximum absolute atomic E-state index is 14.1. The monoisotopic (exact) mass is 672 g/mol. The topological polar surface area (TPSA) is 125 Å². The molecule has 2 aromatic heterocycles. The first-order chi connectivity index (χ1) is 23.7. The van der Waals surface area contributed by atoms with Crippen molar-refractivity contribution >= 4 is 49.8 Å². The molecule has 0 bridgehead atoms. The fraction of sp³-hybridized carbons (Fsp3) is 0.514. The minimum Gasteiger partial charge on any atom is -0.490 e. The zero-order chi connectivity index (χ0) is 32.3. The maximum Gasteiger partial charge on any atom is 0.362 e. The highest BCUT2D eigenvalue weighted by Gasteiger charge is 2.28. The van der Waals surface area contributed by atoms with Crippen molar-refractivity contribution in [3.63, 3.8) is 0 Å². The second kappa shape index (κ2) is 14.4. The van der Waals surface area contributed by atoms with Gasteiger partial charge in [0.15, 0.2) is 5.75 Å². The van der Waals surface area contributed by atoms with Gasteiger partial charge >= 0.3 is 5.97 Å². The van der Waals surface area contributed by atoms with Gasteiger partial charge < -0.3 is 45.3 Å². The summed E-state index contributed by atoms with van der Waals surface area (Å²) in [5.41, 5.74) is 5.50. The highest BCUT2D eigenvalue weighted by molar-refractivity contribution is 7.17. The largest absolute Gasteiger partial charge is 0.490 e. The van der Waals surface area contributed by atoms with Crippen LogP contribution in [0.3, 0.4) is 0 Å². The summed E-state index contributed by atoms with van der Waals surface area (Å²) >= 11 is 1.56. The molecule has 2 aromatic carbocycles. The van der Waals surface area contributed by atoms with Crippen molar-refractivity contribution in [2.24, 2.45) is 0 Å². The van der Waals surface area contributed by atoms with E-state index in [1.165, 1.54) is 0 Å². The third kappa shape index (κ3) is 6.61. The molecule has 0 atom stereocenters. The number of rotatable bonds is 8. The van der Waals surface area contributed by atoms with Gasteiger partial charge in [-0.05, 0) is 76.1 Å². The quantitative estimate of drug-likeness (QED) is 0.162. The third-order valence-corrected chi connectivity index (χ3v) is 10.6. The lowest BCUT2D eigenvalue weighted by Crippen LogP contribution is -2.43. The minimum atomic E-state index is -0.508. The summed E-state index contributed by atoms with van der Waals surface area (Å²) in [5.74, 6) is 1.47. The summed E-state index contributed by atoms with van der Waals surface area (Å²) in [6.45, 7) is 10.5. The van der Waals surface area contributed by atoms with Crippen molar-refractivity contribution in [2.75, 3.05) is 88.3 Å². The van der Waals surface area contributed by atoms with E-state index in [0.717, 1.165) is 142 Å². The molecule has 4 aliphatic heterocycles. The van der Waals surface area contributed by atoms with Crippen LogP contribution in [-0.2, 0) is 0 Å². The number of nitrogens with zero attached hydrogens (tertiary/aromatic N) is 4. The van der Waals surface area contributed by atoms with Crippen molar-refractivity contribution in [3.8, 4) is 17.2 Å². The van der Waals surface area contributed by atoms with Gasteiger partial charge in [-0.3, -0.25) is 0 Å². The standard InChI is InChI=1S/C35H44N8O4S/c44-35(26-2-1-25-28(45-23-5-9-36-10-6-23)4-3-27(31(25)41-26)42-17-13-38-14-18-42)47-29-21-30(46-24-7-11-37-12-8-24)34-32(40-22-48-34)33(29)43-19-15-39-16-20-43/h1-4,21-24,36-39H,5-20H2. The van der Waals surface area contributed by atoms with Crippen LogP contribution in [0.1, 0.15) is 36.2 Å². The Labute approximate surface area is 284 Å². The summed E-state index contributed by atoms with van der Waals surface area (Å²) in [6, 6.07) is 9.78. The number of pyridine rings is 1. The predicted molar refractivity (Wildman–Crippen MR) is 190 cm³/mol. The fourth-order valence-electron chi connectivity index (χ4n) is 7.21. The molecule has 254 valence electrons. The summed E-state index contributed by atoms with van der Waals surface area (Å²) in [7, 11) is 0. The van der Waals surface area contributed by atoms with E-state index in [1.807, 2.05) is 17.6 Å². The van der Waals surface area contributed by atoms with Crippen LogP contribution in [0.4, 0.5) is 11.4 Å². The van der Waals surface area contributed by atoms with Crippen molar-refractivity contribution in [1.29, 1.82) is 0 Å². The van der Waals surface area contributed by atoms with Crippen LogP contribution in [0.15, 0.2) is 35.8 Å². The molecule has 0 aliphatic carbocycles. The van der Waals surface area contributed by atoms with Crippen LogP contribution in [0.2, 0.25) is 0 Å². The average Bonchev–Trinajstić information content (AvgIpc) is 3.63. The lowest BCUT2D eigenvalue weighted by atomic mass is 10.1. The van der Waals surface area contributed by atoms with Gasteiger partial charge in [-0.1, -0.05) is 0 Å². The Kier molecular flexibility index (Phi) is 9.45. The van der Waals surface area contributed by atoms with Crippen LogP contribution >= 0.6 is 11.3 Å². The van der Waals surface area contributed by atoms with E-state index in [2.05, 4.69) is 43.2 Å². The number of piperazine rings is 2. The first-order valence-electron chi connectivity index (χ1n) is 17.4. The molecule has 6 heterocycles. The summed E-state index contributed by atoms with van der Waals surface area (Å²) in [5, 5.41) is 14.6.